The third-order valence-corrected chi connectivity index (χ3v) is 4.28. The topological polar surface area (TPSA) is 43.4 Å². The summed E-state index contributed by atoms with van der Waals surface area (Å²) in [7, 11) is -2.26. The Hall–Kier alpha value is -1.76. The van der Waals surface area contributed by atoms with Gasteiger partial charge in [-0.15, -0.1) is 0 Å². The molecule has 120 valence electrons. The molecule has 0 bridgehead atoms. The first-order chi connectivity index (χ1) is 10.1. The van der Waals surface area contributed by atoms with Crippen molar-refractivity contribution in [3.63, 3.8) is 0 Å². The van der Waals surface area contributed by atoms with E-state index in [4.69, 9.17) is 4.74 Å². The van der Waals surface area contributed by atoms with Gasteiger partial charge in [0, 0.05) is 6.26 Å². The molecule has 0 aromatic heterocycles. The van der Waals surface area contributed by atoms with Gasteiger partial charge in [-0.25, -0.2) is 8.42 Å². The Morgan fingerprint density at radius 2 is 1.68 bits per heavy atom. The van der Waals surface area contributed by atoms with Crippen molar-refractivity contribution in [1.29, 1.82) is 0 Å². The summed E-state index contributed by atoms with van der Waals surface area (Å²) in [5.74, 6) is -2.39. The SMILES string of the molecule is COc1ccc2cc(C(CS(C)(=O)=O)C(F)(F)F)ccc2c1. The molecular weight excluding hydrogens is 317 g/mol. The van der Waals surface area contributed by atoms with Crippen molar-refractivity contribution >= 4 is 20.6 Å². The van der Waals surface area contributed by atoms with E-state index in [0.717, 1.165) is 11.6 Å². The fraction of sp³-hybridized carbons (Fsp3) is 0.333. The van der Waals surface area contributed by atoms with Crippen LogP contribution < -0.4 is 4.74 Å². The number of ether oxygens (including phenoxy) is 1. The van der Waals surface area contributed by atoms with E-state index in [-0.39, 0.29) is 5.56 Å². The van der Waals surface area contributed by atoms with Gasteiger partial charge in [-0.3, -0.25) is 0 Å². The maximum absolute atomic E-state index is 13.2. The molecule has 0 aliphatic heterocycles. The van der Waals surface area contributed by atoms with Crippen molar-refractivity contribution < 1.29 is 26.3 Å². The number of fused-ring (bicyclic) bond motifs is 1. The van der Waals surface area contributed by atoms with E-state index >= 15 is 0 Å². The molecule has 0 N–H and O–H groups in total. The number of hydrogen-bond acceptors (Lipinski definition) is 3. The highest BCUT2D eigenvalue weighted by Crippen LogP contribution is 2.37. The van der Waals surface area contributed by atoms with Crippen LogP contribution in [0.15, 0.2) is 36.4 Å². The van der Waals surface area contributed by atoms with Gasteiger partial charge in [0.2, 0.25) is 0 Å². The highest BCUT2D eigenvalue weighted by atomic mass is 32.2. The highest BCUT2D eigenvalue weighted by molar-refractivity contribution is 7.90. The summed E-state index contributed by atoms with van der Waals surface area (Å²) in [6, 6.07) is 9.21. The first-order valence-electron chi connectivity index (χ1n) is 6.42. The van der Waals surface area contributed by atoms with E-state index in [2.05, 4.69) is 0 Å². The minimum Gasteiger partial charge on any atom is -0.497 e. The van der Waals surface area contributed by atoms with Crippen LogP contribution in [0.5, 0.6) is 5.75 Å². The Bertz CT molecular complexity index is 782. The predicted molar refractivity (Wildman–Crippen MR) is 79.0 cm³/mol. The summed E-state index contributed by atoms with van der Waals surface area (Å²) in [4.78, 5) is 0. The first kappa shape index (κ1) is 16.6. The maximum Gasteiger partial charge on any atom is 0.396 e. The van der Waals surface area contributed by atoms with Gasteiger partial charge in [-0.1, -0.05) is 24.3 Å². The largest absolute Gasteiger partial charge is 0.497 e. The van der Waals surface area contributed by atoms with Crippen molar-refractivity contribution in [3.05, 3.63) is 42.0 Å². The van der Waals surface area contributed by atoms with E-state index in [1.165, 1.54) is 25.3 Å². The molecule has 3 nitrogen and oxygen atoms in total. The summed E-state index contributed by atoms with van der Waals surface area (Å²) in [5, 5.41) is 1.32. The van der Waals surface area contributed by atoms with E-state index in [1.807, 2.05) is 0 Å². The molecule has 0 heterocycles. The molecule has 7 heteroatoms. The molecule has 1 unspecified atom stereocenters. The second-order valence-corrected chi connectivity index (χ2v) is 7.34. The molecule has 22 heavy (non-hydrogen) atoms. The lowest BCUT2D eigenvalue weighted by molar-refractivity contribution is -0.145. The third-order valence-electron chi connectivity index (χ3n) is 3.34. The van der Waals surface area contributed by atoms with Crippen LogP contribution in [0.3, 0.4) is 0 Å². The molecule has 0 fully saturated rings. The Morgan fingerprint density at radius 3 is 2.23 bits per heavy atom. The number of methoxy groups -OCH3 is 1. The van der Waals surface area contributed by atoms with Gasteiger partial charge in [0.15, 0.2) is 0 Å². The van der Waals surface area contributed by atoms with Gasteiger partial charge in [-0.2, -0.15) is 13.2 Å². The van der Waals surface area contributed by atoms with Crippen LogP contribution in [0, 0.1) is 0 Å². The maximum atomic E-state index is 13.2. The normalized spacial score (nSPS) is 14.0. The Morgan fingerprint density at radius 1 is 1.09 bits per heavy atom. The fourth-order valence-electron chi connectivity index (χ4n) is 2.27. The summed E-state index contributed by atoms with van der Waals surface area (Å²) in [6.07, 6.45) is -3.82. The standard InChI is InChI=1S/C15H15F3O3S/c1-21-13-6-5-10-7-12(4-3-11(10)8-13)14(15(16,17)18)9-22(2,19)20/h3-8,14H,9H2,1-2H3. The number of alkyl halides is 3. The Labute approximate surface area is 126 Å². The zero-order chi connectivity index (χ0) is 16.5. The van der Waals surface area contributed by atoms with Crippen LogP contribution in [0.4, 0.5) is 13.2 Å². The van der Waals surface area contributed by atoms with Crippen LogP contribution in [0.2, 0.25) is 0 Å². The van der Waals surface area contributed by atoms with Crippen molar-refractivity contribution in [2.45, 2.75) is 12.1 Å². The van der Waals surface area contributed by atoms with Gasteiger partial charge in [0.25, 0.3) is 0 Å². The summed E-state index contributed by atoms with van der Waals surface area (Å²) < 4.78 is 67.2. The van der Waals surface area contributed by atoms with Gasteiger partial charge in [-0.05, 0) is 28.5 Å². The third kappa shape index (κ3) is 3.91. The van der Waals surface area contributed by atoms with Gasteiger partial charge in [0.1, 0.15) is 15.6 Å². The van der Waals surface area contributed by atoms with Crippen LogP contribution in [0.25, 0.3) is 10.8 Å². The molecule has 2 aromatic rings. The quantitative estimate of drug-likeness (QED) is 0.860. The summed E-state index contributed by atoms with van der Waals surface area (Å²) in [6.45, 7) is 0. The first-order valence-corrected chi connectivity index (χ1v) is 8.48. The Balaban J connectivity index is 2.50. The lowest BCUT2D eigenvalue weighted by Gasteiger charge is -2.20. The number of rotatable bonds is 4. The van der Waals surface area contributed by atoms with Gasteiger partial charge >= 0.3 is 6.18 Å². The van der Waals surface area contributed by atoms with Crippen molar-refractivity contribution in [1.82, 2.24) is 0 Å². The minimum absolute atomic E-state index is 0.0596. The number of hydrogen-bond donors (Lipinski definition) is 0. The Kier molecular flexibility index (Phi) is 4.37. The predicted octanol–water partition coefficient (Wildman–Crippen LogP) is 3.54. The van der Waals surface area contributed by atoms with E-state index in [9.17, 15) is 21.6 Å². The number of sulfone groups is 1. The molecule has 0 saturated heterocycles. The highest BCUT2D eigenvalue weighted by Gasteiger charge is 2.42. The molecule has 0 radical (unpaired) electrons. The molecule has 0 spiro atoms. The average Bonchev–Trinajstić information content (AvgIpc) is 2.41. The summed E-state index contributed by atoms with van der Waals surface area (Å²) in [5.41, 5.74) is -0.0596. The average molecular weight is 332 g/mol. The van der Waals surface area contributed by atoms with E-state index < -0.39 is 27.7 Å². The van der Waals surface area contributed by atoms with Crippen molar-refractivity contribution in [2.75, 3.05) is 19.1 Å². The number of benzene rings is 2. The number of halogens is 3. The van der Waals surface area contributed by atoms with Crippen molar-refractivity contribution in [2.24, 2.45) is 0 Å². The molecule has 0 aliphatic carbocycles. The second-order valence-electron chi connectivity index (χ2n) is 5.16. The van der Waals surface area contributed by atoms with Crippen LogP contribution in [0.1, 0.15) is 11.5 Å². The van der Waals surface area contributed by atoms with Crippen LogP contribution >= 0.6 is 0 Å². The minimum atomic E-state index is -4.62. The van der Waals surface area contributed by atoms with Crippen LogP contribution in [-0.4, -0.2) is 33.7 Å². The molecular formula is C15H15F3O3S. The molecule has 2 rings (SSSR count). The fourth-order valence-corrected chi connectivity index (χ4v) is 3.26. The zero-order valence-electron chi connectivity index (χ0n) is 12.0. The van der Waals surface area contributed by atoms with Gasteiger partial charge < -0.3 is 4.74 Å². The smallest absolute Gasteiger partial charge is 0.396 e. The molecule has 0 aliphatic rings. The molecule has 0 amide bonds. The van der Waals surface area contributed by atoms with E-state index in [1.54, 1.807) is 18.2 Å². The monoisotopic (exact) mass is 332 g/mol. The molecule has 1 atom stereocenters. The van der Waals surface area contributed by atoms with E-state index in [0.29, 0.717) is 11.1 Å². The molecule has 0 saturated carbocycles. The van der Waals surface area contributed by atoms with Crippen LogP contribution in [-0.2, 0) is 9.84 Å². The van der Waals surface area contributed by atoms with Gasteiger partial charge in [0.05, 0.1) is 18.8 Å². The second kappa shape index (κ2) is 5.79. The lowest BCUT2D eigenvalue weighted by Crippen LogP contribution is -2.27. The lowest BCUT2D eigenvalue weighted by atomic mass is 9.97. The zero-order valence-corrected chi connectivity index (χ0v) is 12.8. The molecule has 2 aromatic carbocycles. The summed E-state index contributed by atoms with van der Waals surface area (Å²) >= 11 is 0. The van der Waals surface area contributed by atoms with Crippen molar-refractivity contribution in [3.8, 4) is 5.75 Å².